The lowest BCUT2D eigenvalue weighted by Gasteiger charge is -2.19. The number of carbonyl (C=O) groups is 1. The van der Waals surface area contributed by atoms with Crippen LogP contribution in [0.3, 0.4) is 0 Å². The monoisotopic (exact) mass is 444 g/mol. The van der Waals surface area contributed by atoms with E-state index in [1.54, 1.807) is 23.5 Å². The number of benzene rings is 2. The summed E-state index contributed by atoms with van der Waals surface area (Å²) in [6.07, 6.45) is 4.13. The van der Waals surface area contributed by atoms with E-state index in [0.29, 0.717) is 17.3 Å². The highest BCUT2D eigenvalue weighted by Crippen LogP contribution is 2.33. The number of hydrogen-bond acceptors (Lipinski definition) is 5. The van der Waals surface area contributed by atoms with E-state index in [2.05, 4.69) is 29.2 Å². The SMILES string of the molecule is CN(C)C1CCN(c2nc3ccc(NC(=O)/C=C/c4ccc(F)c(Cl)c4)cc3s2)C1. The van der Waals surface area contributed by atoms with Crippen LogP contribution in [0.25, 0.3) is 16.3 Å². The first kappa shape index (κ1) is 20.8. The van der Waals surface area contributed by atoms with Crippen molar-refractivity contribution in [1.82, 2.24) is 9.88 Å². The Morgan fingerprint density at radius 3 is 2.90 bits per heavy atom. The Morgan fingerprint density at radius 1 is 1.33 bits per heavy atom. The molecule has 8 heteroatoms. The zero-order valence-corrected chi connectivity index (χ0v) is 18.3. The van der Waals surface area contributed by atoms with E-state index in [4.69, 9.17) is 16.6 Å². The van der Waals surface area contributed by atoms with Gasteiger partial charge in [-0.1, -0.05) is 29.0 Å². The molecule has 30 heavy (non-hydrogen) atoms. The molecule has 0 saturated carbocycles. The average molecular weight is 445 g/mol. The largest absolute Gasteiger partial charge is 0.346 e. The molecule has 1 fully saturated rings. The first-order valence-corrected chi connectivity index (χ1v) is 10.8. The Morgan fingerprint density at radius 2 is 2.17 bits per heavy atom. The molecule has 1 N–H and O–H groups in total. The van der Waals surface area contributed by atoms with Crippen LogP contribution in [-0.4, -0.2) is 49.0 Å². The Bertz CT molecular complexity index is 1110. The maximum absolute atomic E-state index is 13.2. The number of anilines is 2. The summed E-state index contributed by atoms with van der Waals surface area (Å²) in [5, 5.41) is 3.90. The summed E-state index contributed by atoms with van der Waals surface area (Å²) in [6, 6.07) is 10.6. The van der Waals surface area contributed by atoms with Gasteiger partial charge in [0.05, 0.1) is 15.2 Å². The van der Waals surface area contributed by atoms with E-state index in [1.165, 1.54) is 18.2 Å². The number of nitrogens with one attached hydrogen (secondary N) is 1. The molecule has 2 heterocycles. The molecule has 2 aromatic carbocycles. The van der Waals surface area contributed by atoms with E-state index >= 15 is 0 Å². The summed E-state index contributed by atoms with van der Waals surface area (Å²) in [5.74, 6) is -0.755. The van der Waals surface area contributed by atoms with E-state index in [9.17, 15) is 9.18 Å². The van der Waals surface area contributed by atoms with Gasteiger partial charge in [-0.05, 0) is 62.5 Å². The molecule has 1 amide bonds. The third kappa shape index (κ3) is 4.64. The van der Waals surface area contributed by atoms with Crippen LogP contribution in [0.5, 0.6) is 0 Å². The van der Waals surface area contributed by atoms with Crippen molar-refractivity contribution in [1.29, 1.82) is 0 Å². The number of rotatable bonds is 5. The molecule has 0 bridgehead atoms. The van der Waals surface area contributed by atoms with Crippen LogP contribution < -0.4 is 10.2 Å². The van der Waals surface area contributed by atoms with Gasteiger partial charge in [-0.3, -0.25) is 4.79 Å². The van der Waals surface area contributed by atoms with Gasteiger partial charge in [-0.15, -0.1) is 0 Å². The Hall–Kier alpha value is -2.48. The fraction of sp³-hybridized carbons (Fsp3) is 0.273. The first-order valence-electron chi connectivity index (χ1n) is 9.65. The normalized spacial score (nSPS) is 16.8. The molecule has 1 aliphatic rings. The molecule has 0 aliphatic carbocycles. The van der Waals surface area contributed by atoms with Crippen molar-refractivity contribution >= 4 is 56.0 Å². The van der Waals surface area contributed by atoms with Gasteiger partial charge < -0.3 is 15.1 Å². The maximum atomic E-state index is 13.2. The zero-order valence-electron chi connectivity index (χ0n) is 16.7. The van der Waals surface area contributed by atoms with Crippen molar-refractivity contribution in [2.45, 2.75) is 12.5 Å². The molecule has 1 aromatic heterocycles. The number of aromatic nitrogens is 1. The van der Waals surface area contributed by atoms with Crippen LogP contribution in [0.4, 0.5) is 15.2 Å². The first-order chi connectivity index (χ1) is 14.4. The lowest BCUT2D eigenvalue weighted by Crippen LogP contribution is -2.31. The van der Waals surface area contributed by atoms with Gasteiger partial charge >= 0.3 is 0 Å². The number of nitrogens with zero attached hydrogens (tertiary/aromatic N) is 3. The van der Waals surface area contributed by atoms with Crippen LogP contribution >= 0.6 is 22.9 Å². The van der Waals surface area contributed by atoms with Crippen LogP contribution in [0.15, 0.2) is 42.5 Å². The number of hydrogen-bond donors (Lipinski definition) is 1. The van der Waals surface area contributed by atoms with Crippen molar-refractivity contribution in [3.63, 3.8) is 0 Å². The summed E-state index contributed by atoms with van der Waals surface area (Å²) in [4.78, 5) is 21.6. The molecule has 156 valence electrons. The number of amides is 1. The fourth-order valence-corrected chi connectivity index (χ4v) is 4.66. The highest BCUT2D eigenvalue weighted by atomic mass is 35.5. The van der Waals surface area contributed by atoms with Gasteiger partial charge in [0.2, 0.25) is 5.91 Å². The number of likely N-dealkylation sites (N-methyl/N-ethyl adjacent to an activating group) is 1. The Labute approximate surface area is 183 Å². The molecule has 1 atom stereocenters. The van der Waals surface area contributed by atoms with Gasteiger partial charge in [0.25, 0.3) is 0 Å². The minimum absolute atomic E-state index is 0.0268. The maximum Gasteiger partial charge on any atom is 0.248 e. The number of thiazole rings is 1. The lowest BCUT2D eigenvalue weighted by atomic mass is 10.2. The van der Waals surface area contributed by atoms with Gasteiger partial charge in [-0.2, -0.15) is 0 Å². The summed E-state index contributed by atoms with van der Waals surface area (Å²) in [6.45, 7) is 1.99. The topological polar surface area (TPSA) is 48.5 Å². The highest BCUT2D eigenvalue weighted by molar-refractivity contribution is 7.22. The van der Waals surface area contributed by atoms with Crippen molar-refractivity contribution in [2.75, 3.05) is 37.4 Å². The van der Waals surface area contributed by atoms with E-state index in [1.807, 2.05) is 18.2 Å². The predicted molar refractivity (Wildman–Crippen MR) is 123 cm³/mol. The molecule has 3 aromatic rings. The van der Waals surface area contributed by atoms with Crippen LogP contribution in [0.1, 0.15) is 12.0 Å². The minimum Gasteiger partial charge on any atom is -0.346 e. The standard InChI is InChI=1S/C22H22ClFN4OS/c1-27(2)16-9-10-28(13-16)22-26-19-7-5-15(12-20(19)30-22)25-21(29)8-4-14-3-6-18(24)17(23)11-14/h3-8,11-12,16H,9-10,13H2,1-2H3,(H,25,29)/b8-4+. The van der Waals surface area contributed by atoms with E-state index < -0.39 is 5.82 Å². The van der Waals surface area contributed by atoms with Gasteiger partial charge in [0.15, 0.2) is 5.13 Å². The summed E-state index contributed by atoms with van der Waals surface area (Å²) in [5.41, 5.74) is 2.29. The minimum atomic E-state index is -0.485. The molecule has 4 rings (SSSR count). The molecule has 0 radical (unpaired) electrons. The molecule has 1 saturated heterocycles. The van der Waals surface area contributed by atoms with Gasteiger partial charge in [0.1, 0.15) is 5.82 Å². The number of halogens is 2. The second-order valence-electron chi connectivity index (χ2n) is 7.53. The zero-order chi connectivity index (χ0) is 21.3. The molecule has 1 aliphatic heterocycles. The second kappa shape index (κ2) is 8.71. The number of fused-ring (bicyclic) bond motifs is 1. The molecule has 1 unspecified atom stereocenters. The van der Waals surface area contributed by atoms with E-state index in [-0.39, 0.29) is 10.9 Å². The average Bonchev–Trinajstić information content (AvgIpc) is 3.35. The third-order valence-electron chi connectivity index (χ3n) is 5.18. The Balaban J connectivity index is 1.44. The summed E-state index contributed by atoms with van der Waals surface area (Å²) >= 11 is 7.41. The second-order valence-corrected chi connectivity index (χ2v) is 8.94. The highest BCUT2D eigenvalue weighted by Gasteiger charge is 2.26. The molecular formula is C22H22ClFN4OS. The fourth-order valence-electron chi connectivity index (χ4n) is 3.43. The van der Waals surface area contributed by atoms with Gasteiger partial charge in [0, 0.05) is 30.9 Å². The predicted octanol–water partition coefficient (Wildman–Crippen LogP) is 4.88. The third-order valence-corrected chi connectivity index (χ3v) is 6.55. The molecular weight excluding hydrogens is 423 g/mol. The van der Waals surface area contributed by atoms with Crippen molar-refractivity contribution in [2.24, 2.45) is 0 Å². The van der Waals surface area contributed by atoms with Crippen molar-refractivity contribution in [3.05, 3.63) is 58.9 Å². The smallest absolute Gasteiger partial charge is 0.248 e. The van der Waals surface area contributed by atoms with Crippen molar-refractivity contribution < 1.29 is 9.18 Å². The lowest BCUT2D eigenvalue weighted by molar-refractivity contribution is -0.111. The van der Waals surface area contributed by atoms with Crippen LogP contribution in [0, 0.1) is 5.82 Å². The van der Waals surface area contributed by atoms with Crippen LogP contribution in [-0.2, 0) is 4.79 Å². The number of carbonyl (C=O) groups excluding carboxylic acids is 1. The van der Waals surface area contributed by atoms with Crippen LogP contribution in [0.2, 0.25) is 5.02 Å². The summed E-state index contributed by atoms with van der Waals surface area (Å²) < 4.78 is 14.3. The molecule has 5 nitrogen and oxygen atoms in total. The van der Waals surface area contributed by atoms with Gasteiger partial charge in [-0.25, -0.2) is 9.37 Å². The summed E-state index contributed by atoms with van der Waals surface area (Å²) in [7, 11) is 4.22. The van der Waals surface area contributed by atoms with E-state index in [0.717, 1.165) is 34.9 Å². The quantitative estimate of drug-likeness (QED) is 0.570. The molecule has 0 spiro atoms. The Kier molecular flexibility index (Phi) is 6.04. The van der Waals surface area contributed by atoms with Crippen molar-refractivity contribution in [3.8, 4) is 0 Å².